The molecule has 0 bridgehead atoms. The molecule has 1 aromatic rings. The van der Waals surface area contributed by atoms with Crippen LogP contribution in [0.4, 0.5) is 0 Å². The Morgan fingerprint density at radius 3 is 3.00 bits per heavy atom. The topological polar surface area (TPSA) is 60.4 Å². The number of rotatable bonds is 4. The van der Waals surface area contributed by atoms with E-state index in [1.807, 2.05) is 17.5 Å². The Morgan fingerprint density at radius 2 is 2.50 bits per heavy atom. The van der Waals surface area contributed by atoms with E-state index in [0.29, 0.717) is 5.75 Å². The average Bonchev–Trinajstić information content (AvgIpc) is 2.37. The Balaban J connectivity index is 2.36. The van der Waals surface area contributed by atoms with E-state index in [1.54, 1.807) is 0 Å². The van der Waals surface area contributed by atoms with E-state index in [2.05, 4.69) is 0 Å². The lowest BCUT2D eigenvalue weighted by atomic mass is 10.5. The lowest BCUT2D eigenvalue weighted by Crippen LogP contribution is -2.16. The van der Waals surface area contributed by atoms with Crippen molar-refractivity contribution in [2.24, 2.45) is 0 Å². The first-order valence-electron chi connectivity index (χ1n) is 3.27. The second kappa shape index (κ2) is 4.49. The molecule has 1 N–H and O–H groups in total. The van der Waals surface area contributed by atoms with Gasteiger partial charge in [0.2, 0.25) is 5.75 Å². The molecule has 1 rings (SSSR count). The van der Waals surface area contributed by atoms with Gasteiger partial charge in [-0.2, -0.15) is 0 Å². The van der Waals surface area contributed by atoms with Crippen molar-refractivity contribution in [3.63, 3.8) is 0 Å². The summed E-state index contributed by atoms with van der Waals surface area (Å²) in [5.74, 6) is -0.924. The van der Waals surface area contributed by atoms with Crippen LogP contribution in [-0.4, -0.2) is 21.4 Å². The van der Waals surface area contributed by atoms with Crippen LogP contribution in [0.2, 0.25) is 0 Å². The van der Waals surface area contributed by atoms with Crippen LogP contribution in [-0.2, 0) is 21.7 Å². The van der Waals surface area contributed by atoms with Gasteiger partial charge in [0, 0.05) is 0 Å². The van der Waals surface area contributed by atoms with E-state index in [4.69, 9.17) is 5.11 Å². The van der Waals surface area contributed by atoms with Gasteiger partial charge in [-0.15, -0.1) is 11.3 Å². The first-order chi connectivity index (χ1) is 5.68. The van der Waals surface area contributed by atoms with E-state index < -0.39 is 17.1 Å². The summed E-state index contributed by atoms with van der Waals surface area (Å²) in [6.45, 7) is 0. The van der Waals surface area contributed by atoms with Crippen LogP contribution in [0.3, 0.4) is 0 Å². The van der Waals surface area contributed by atoms with Crippen molar-refractivity contribution >= 4 is 28.5 Å². The number of carboxylic acids is 1. The Hall–Kier alpha value is -0.520. The van der Waals surface area contributed by atoms with Gasteiger partial charge in [0.15, 0.2) is 0 Å². The maximum absolute atomic E-state index is 11.1. The van der Waals surface area contributed by atoms with Crippen molar-refractivity contribution in [2.45, 2.75) is 5.75 Å². The molecule has 1 aromatic heterocycles. The monoisotopic (exact) mass is 204 g/mol. The fourth-order valence-electron chi connectivity index (χ4n) is 0.742. The second-order valence-corrected chi connectivity index (χ2v) is 4.69. The highest BCUT2D eigenvalue weighted by Crippen LogP contribution is 2.12. The van der Waals surface area contributed by atoms with Gasteiger partial charge >= 0.3 is 5.97 Å². The van der Waals surface area contributed by atoms with E-state index in [0.717, 1.165) is 4.88 Å². The average molecular weight is 204 g/mol. The molecule has 3 nitrogen and oxygen atoms in total. The summed E-state index contributed by atoms with van der Waals surface area (Å²) in [6, 6.07) is 3.71. The molecule has 0 saturated carbocycles. The lowest BCUT2D eigenvalue weighted by Gasteiger charge is -2.05. The molecule has 0 radical (unpaired) electrons. The van der Waals surface area contributed by atoms with Crippen LogP contribution in [0, 0.1) is 0 Å². The molecule has 1 unspecified atom stereocenters. The Morgan fingerprint density at radius 1 is 1.75 bits per heavy atom. The fourth-order valence-corrected chi connectivity index (χ4v) is 2.69. The fraction of sp³-hybridized carbons (Fsp3) is 0.286. The second-order valence-electron chi connectivity index (χ2n) is 2.20. The highest BCUT2D eigenvalue weighted by Gasteiger charge is 2.12. The molecule has 0 spiro atoms. The molecule has 5 heteroatoms. The first kappa shape index (κ1) is 9.57. The Labute approximate surface area is 77.2 Å². The van der Waals surface area contributed by atoms with Crippen LogP contribution < -0.4 is 0 Å². The van der Waals surface area contributed by atoms with Crippen LogP contribution >= 0.6 is 11.3 Å². The van der Waals surface area contributed by atoms with Crippen LogP contribution in [0.15, 0.2) is 17.5 Å². The molecule has 0 aromatic carbocycles. The molecule has 66 valence electrons. The third-order valence-corrected chi connectivity index (χ3v) is 3.43. The number of thiophene rings is 1. The molecule has 1 atom stereocenters. The van der Waals surface area contributed by atoms with Gasteiger partial charge in [0.1, 0.15) is 5.75 Å². The van der Waals surface area contributed by atoms with Gasteiger partial charge in [-0.1, -0.05) is 6.07 Å². The van der Waals surface area contributed by atoms with Crippen LogP contribution in [0.5, 0.6) is 0 Å². The summed E-state index contributed by atoms with van der Waals surface area (Å²) in [4.78, 5) is 11.1. The third-order valence-electron chi connectivity index (χ3n) is 1.17. The van der Waals surface area contributed by atoms with Crippen molar-refractivity contribution in [3.05, 3.63) is 22.4 Å². The third kappa shape index (κ3) is 3.25. The van der Waals surface area contributed by atoms with Gasteiger partial charge in [-0.3, -0.25) is 0 Å². The van der Waals surface area contributed by atoms with E-state index in [1.165, 1.54) is 11.3 Å². The number of carboxylic acid groups (broad SMARTS) is 1. The number of hydrogen-bond acceptors (Lipinski definition) is 3. The van der Waals surface area contributed by atoms with Crippen molar-refractivity contribution in [1.82, 2.24) is 0 Å². The molecule has 0 saturated heterocycles. The standard InChI is InChI=1S/C7H8O3S2/c8-7(9)5-12(10)4-6-2-1-3-11-6/h1-3H,4-5H2,(H,8,9). The number of hydrogen-bond donors (Lipinski definition) is 1. The van der Waals surface area contributed by atoms with Crippen molar-refractivity contribution in [2.75, 3.05) is 5.75 Å². The van der Waals surface area contributed by atoms with Crippen molar-refractivity contribution < 1.29 is 14.5 Å². The van der Waals surface area contributed by atoms with E-state index in [9.17, 15) is 9.35 Å². The molecular formula is C7H8O3S2. The predicted molar refractivity (Wildman–Crippen MR) is 48.7 cm³/mol. The normalized spacial score (nSPS) is 12.8. The maximum Gasteiger partial charge on any atom is 0.353 e. The summed E-state index contributed by atoms with van der Waals surface area (Å²) >= 11 is 0.224. The predicted octanol–water partition coefficient (Wildman–Crippen LogP) is 1.08. The lowest BCUT2D eigenvalue weighted by molar-refractivity contribution is -0.134. The molecule has 0 aliphatic heterocycles. The van der Waals surface area contributed by atoms with E-state index >= 15 is 0 Å². The SMILES string of the molecule is O=C(O)C[S+]([O-])Cc1cccs1. The summed E-state index contributed by atoms with van der Waals surface area (Å²) in [5, 5.41) is 10.2. The molecule has 0 aliphatic rings. The first-order valence-corrected chi connectivity index (χ1v) is 5.64. The van der Waals surface area contributed by atoms with Crippen molar-refractivity contribution in [3.8, 4) is 0 Å². The van der Waals surface area contributed by atoms with Crippen LogP contribution in [0.25, 0.3) is 0 Å². The van der Waals surface area contributed by atoms with Gasteiger partial charge in [0.05, 0.1) is 4.88 Å². The minimum absolute atomic E-state index is 0.266. The van der Waals surface area contributed by atoms with Gasteiger partial charge < -0.3 is 9.66 Å². The van der Waals surface area contributed by atoms with Crippen molar-refractivity contribution in [1.29, 1.82) is 0 Å². The quantitative estimate of drug-likeness (QED) is 0.746. The summed E-state index contributed by atoms with van der Waals surface area (Å²) in [5.41, 5.74) is 0. The molecule has 0 aliphatic carbocycles. The molecule has 0 fully saturated rings. The highest BCUT2D eigenvalue weighted by molar-refractivity contribution is 7.91. The maximum atomic E-state index is 11.1. The number of aliphatic carboxylic acids is 1. The summed E-state index contributed by atoms with van der Waals surface area (Å²) in [6.07, 6.45) is 0. The van der Waals surface area contributed by atoms with Gasteiger partial charge in [0.25, 0.3) is 0 Å². The van der Waals surface area contributed by atoms with Gasteiger partial charge in [-0.05, 0) is 22.6 Å². The highest BCUT2D eigenvalue weighted by atomic mass is 32.2. The summed E-state index contributed by atoms with van der Waals surface area (Å²) in [7, 11) is 0. The Bertz CT molecular complexity index is 245. The largest absolute Gasteiger partial charge is 0.616 e. The Kier molecular flexibility index (Phi) is 3.58. The zero-order valence-corrected chi connectivity index (χ0v) is 7.86. The minimum Gasteiger partial charge on any atom is -0.616 e. The van der Waals surface area contributed by atoms with E-state index in [-0.39, 0.29) is 5.75 Å². The molecule has 12 heavy (non-hydrogen) atoms. The van der Waals surface area contributed by atoms with Crippen LogP contribution in [0.1, 0.15) is 4.88 Å². The molecular weight excluding hydrogens is 196 g/mol. The molecule has 0 amide bonds. The zero-order valence-electron chi connectivity index (χ0n) is 6.23. The summed E-state index contributed by atoms with van der Waals surface area (Å²) < 4.78 is 11.1. The zero-order chi connectivity index (χ0) is 8.97. The smallest absolute Gasteiger partial charge is 0.353 e. The molecule has 1 heterocycles. The minimum atomic E-state index is -1.27. The van der Waals surface area contributed by atoms with Gasteiger partial charge in [-0.25, -0.2) is 4.79 Å². The number of carbonyl (C=O) groups is 1.